The smallest absolute Gasteiger partial charge is 0.243 e. The molecule has 2 unspecified atom stereocenters. The van der Waals surface area contributed by atoms with Gasteiger partial charge in [0, 0.05) is 6.42 Å². The first-order chi connectivity index (χ1) is 17.4. The molecule has 1 saturated heterocycles. The summed E-state index contributed by atoms with van der Waals surface area (Å²) in [6, 6.07) is 20.2. The molecule has 0 aliphatic carbocycles. The summed E-state index contributed by atoms with van der Waals surface area (Å²) in [6.45, 7) is -0.614. The molecule has 6 N–H and O–H groups in total. The molecule has 1 fully saturated rings. The van der Waals surface area contributed by atoms with E-state index in [0.717, 1.165) is 21.9 Å². The van der Waals surface area contributed by atoms with Gasteiger partial charge in [-0.1, -0.05) is 72.8 Å². The first-order valence-electron chi connectivity index (χ1n) is 11.8. The quantitative estimate of drug-likeness (QED) is 0.259. The number of benzene rings is 3. The van der Waals surface area contributed by atoms with Crippen LogP contribution in [0.2, 0.25) is 0 Å². The van der Waals surface area contributed by atoms with Crippen LogP contribution in [0.3, 0.4) is 0 Å². The summed E-state index contributed by atoms with van der Waals surface area (Å²) in [6.07, 6.45) is -5.73. The number of amides is 2. The van der Waals surface area contributed by atoms with Crippen molar-refractivity contribution >= 4 is 22.6 Å². The van der Waals surface area contributed by atoms with Crippen molar-refractivity contribution in [1.82, 2.24) is 10.6 Å². The van der Waals surface area contributed by atoms with Gasteiger partial charge in [-0.2, -0.15) is 0 Å². The highest BCUT2D eigenvalue weighted by molar-refractivity contribution is 5.90. The molecular weight excluding hydrogens is 464 g/mol. The molecule has 190 valence electrons. The van der Waals surface area contributed by atoms with Gasteiger partial charge in [0.05, 0.1) is 13.0 Å². The van der Waals surface area contributed by atoms with Crippen LogP contribution in [0, 0.1) is 0 Å². The molecule has 1 aliphatic heterocycles. The van der Waals surface area contributed by atoms with Crippen LogP contribution in [-0.2, 0) is 27.2 Å². The Morgan fingerprint density at radius 3 is 2.28 bits per heavy atom. The number of nitrogens with one attached hydrogen (secondary N) is 2. The summed E-state index contributed by atoms with van der Waals surface area (Å²) in [5.74, 6) is -1.03. The van der Waals surface area contributed by atoms with Crippen LogP contribution in [0.1, 0.15) is 11.1 Å². The Hall–Kier alpha value is -3.34. The summed E-state index contributed by atoms with van der Waals surface area (Å²) < 4.78 is 5.12. The van der Waals surface area contributed by atoms with Crippen molar-refractivity contribution in [3.05, 3.63) is 83.9 Å². The van der Waals surface area contributed by atoms with Gasteiger partial charge in [0.1, 0.15) is 30.4 Å². The van der Waals surface area contributed by atoms with E-state index in [1.54, 1.807) is 0 Å². The highest BCUT2D eigenvalue weighted by Crippen LogP contribution is 2.20. The number of ether oxygens (including phenoxy) is 1. The largest absolute Gasteiger partial charge is 0.394 e. The maximum absolute atomic E-state index is 13.2. The molecule has 0 spiro atoms. The van der Waals surface area contributed by atoms with Gasteiger partial charge in [-0.05, 0) is 21.9 Å². The molecule has 36 heavy (non-hydrogen) atoms. The summed E-state index contributed by atoms with van der Waals surface area (Å²) >= 11 is 0. The van der Waals surface area contributed by atoms with E-state index in [4.69, 9.17) is 4.74 Å². The maximum Gasteiger partial charge on any atom is 0.243 e. The Balaban J connectivity index is 1.48. The van der Waals surface area contributed by atoms with Crippen molar-refractivity contribution < 1.29 is 34.8 Å². The molecule has 0 bridgehead atoms. The zero-order valence-electron chi connectivity index (χ0n) is 19.5. The Morgan fingerprint density at radius 1 is 0.861 bits per heavy atom. The molecule has 6 atom stereocenters. The van der Waals surface area contributed by atoms with Gasteiger partial charge >= 0.3 is 0 Å². The minimum absolute atomic E-state index is 0.0537. The average molecular weight is 495 g/mol. The van der Waals surface area contributed by atoms with Crippen molar-refractivity contribution in [3.63, 3.8) is 0 Å². The van der Waals surface area contributed by atoms with E-state index < -0.39 is 49.2 Å². The summed E-state index contributed by atoms with van der Waals surface area (Å²) in [7, 11) is 0. The van der Waals surface area contributed by atoms with Crippen LogP contribution in [0.15, 0.2) is 72.8 Å². The second-order valence-electron chi connectivity index (χ2n) is 8.93. The van der Waals surface area contributed by atoms with E-state index in [0.29, 0.717) is 0 Å². The van der Waals surface area contributed by atoms with Crippen LogP contribution >= 0.6 is 0 Å². The minimum Gasteiger partial charge on any atom is -0.394 e. The van der Waals surface area contributed by atoms with Crippen LogP contribution in [0.25, 0.3) is 10.8 Å². The minimum atomic E-state index is -1.66. The number of aliphatic hydroxyl groups is 4. The second-order valence-corrected chi connectivity index (χ2v) is 8.93. The van der Waals surface area contributed by atoms with Gasteiger partial charge in [-0.25, -0.2) is 0 Å². The third-order valence-electron chi connectivity index (χ3n) is 6.32. The Labute approximate surface area is 208 Å². The fourth-order valence-corrected chi connectivity index (χ4v) is 4.36. The van der Waals surface area contributed by atoms with Crippen LogP contribution < -0.4 is 10.6 Å². The number of carbonyl (C=O) groups is 2. The van der Waals surface area contributed by atoms with Crippen LogP contribution in [0.4, 0.5) is 0 Å². The van der Waals surface area contributed by atoms with E-state index in [-0.39, 0.29) is 18.7 Å². The number of aliphatic hydroxyl groups excluding tert-OH is 4. The summed E-state index contributed by atoms with van der Waals surface area (Å²) in [5.41, 5.74) is 1.58. The van der Waals surface area contributed by atoms with Crippen molar-refractivity contribution in [2.75, 3.05) is 6.61 Å². The monoisotopic (exact) mass is 494 g/mol. The third kappa shape index (κ3) is 6.07. The second kappa shape index (κ2) is 11.6. The number of fused-ring (bicyclic) bond motifs is 1. The molecule has 3 aromatic carbocycles. The van der Waals surface area contributed by atoms with E-state index >= 15 is 0 Å². The highest BCUT2D eigenvalue weighted by Gasteiger charge is 2.44. The van der Waals surface area contributed by atoms with Crippen LogP contribution in [0.5, 0.6) is 0 Å². The van der Waals surface area contributed by atoms with Crippen molar-refractivity contribution in [2.24, 2.45) is 0 Å². The molecular formula is C27H30N2O7. The molecule has 4 rings (SSSR count). The SMILES string of the molecule is O=C(Cc1ccc2ccccc2c1)N[C@H](Cc1ccccc1)C(=O)NC1C(O)O[C@H](CO)[C@@H](O)[C@@H]1O. The average Bonchev–Trinajstić information content (AvgIpc) is 2.88. The van der Waals surface area contributed by atoms with Gasteiger partial charge in [-0.15, -0.1) is 0 Å². The molecule has 9 nitrogen and oxygen atoms in total. The van der Waals surface area contributed by atoms with Gasteiger partial charge < -0.3 is 35.8 Å². The number of rotatable bonds is 8. The van der Waals surface area contributed by atoms with Crippen LogP contribution in [-0.4, -0.2) is 75.5 Å². The number of hydrogen-bond donors (Lipinski definition) is 6. The normalized spacial score (nSPS) is 24.7. The molecule has 0 saturated carbocycles. The molecule has 2 amide bonds. The molecule has 9 heteroatoms. The number of hydrogen-bond acceptors (Lipinski definition) is 7. The topological polar surface area (TPSA) is 148 Å². The predicted octanol–water partition coefficient (Wildman–Crippen LogP) is 0.0259. The van der Waals surface area contributed by atoms with Gasteiger partial charge in [0.15, 0.2) is 6.29 Å². The lowest BCUT2D eigenvalue weighted by atomic mass is 9.96. The molecule has 3 aromatic rings. The fraction of sp³-hybridized carbons (Fsp3) is 0.333. The summed E-state index contributed by atoms with van der Waals surface area (Å²) in [5, 5.41) is 47.3. The van der Waals surface area contributed by atoms with Gasteiger partial charge in [0.2, 0.25) is 11.8 Å². The first-order valence-corrected chi connectivity index (χ1v) is 11.8. The van der Waals surface area contributed by atoms with E-state index in [2.05, 4.69) is 10.6 Å². The highest BCUT2D eigenvalue weighted by atomic mass is 16.6. The lowest BCUT2D eigenvalue weighted by molar-refractivity contribution is -0.254. The van der Waals surface area contributed by atoms with Gasteiger partial charge in [0.25, 0.3) is 0 Å². The third-order valence-corrected chi connectivity index (χ3v) is 6.32. The lowest BCUT2D eigenvalue weighted by Crippen LogP contribution is -2.65. The first kappa shape index (κ1) is 25.7. The van der Waals surface area contributed by atoms with E-state index in [1.165, 1.54) is 0 Å². The molecule has 0 aromatic heterocycles. The van der Waals surface area contributed by atoms with E-state index in [9.17, 15) is 30.0 Å². The molecule has 1 heterocycles. The van der Waals surface area contributed by atoms with Gasteiger partial charge in [-0.3, -0.25) is 9.59 Å². The Kier molecular flexibility index (Phi) is 8.29. The zero-order valence-corrected chi connectivity index (χ0v) is 19.5. The standard InChI is InChI=1S/C27H30N2O7/c30-15-21-24(32)25(33)23(27(35)36-21)29-26(34)20(13-16-6-2-1-3-7-16)28-22(31)14-17-10-11-18-8-4-5-9-19(18)12-17/h1-12,20-21,23-25,27,30,32-33,35H,13-15H2,(H,28,31)(H,29,34)/t20-,21-,23?,24-,25-,27?/m1/s1. The molecule has 1 aliphatic rings. The zero-order chi connectivity index (χ0) is 25.7. The summed E-state index contributed by atoms with van der Waals surface area (Å²) in [4.78, 5) is 26.1. The predicted molar refractivity (Wildman–Crippen MR) is 132 cm³/mol. The molecule has 0 radical (unpaired) electrons. The fourth-order valence-electron chi connectivity index (χ4n) is 4.36. The van der Waals surface area contributed by atoms with Crippen molar-refractivity contribution in [2.45, 2.75) is 49.5 Å². The van der Waals surface area contributed by atoms with Crippen molar-refractivity contribution in [1.29, 1.82) is 0 Å². The Bertz CT molecular complexity index is 1190. The number of carbonyl (C=O) groups excluding carboxylic acids is 2. The Morgan fingerprint density at radius 2 is 1.56 bits per heavy atom. The maximum atomic E-state index is 13.2. The lowest BCUT2D eigenvalue weighted by Gasteiger charge is -2.40. The van der Waals surface area contributed by atoms with E-state index in [1.807, 2.05) is 72.8 Å². The van der Waals surface area contributed by atoms with Crippen molar-refractivity contribution in [3.8, 4) is 0 Å².